The van der Waals surface area contributed by atoms with Gasteiger partial charge in [-0.1, -0.05) is 13.0 Å². The number of esters is 1. The van der Waals surface area contributed by atoms with Gasteiger partial charge in [0.2, 0.25) is 0 Å². The van der Waals surface area contributed by atoms with E-state index < -0.39 is 5.97 Å². The van der Waals surface area contributed by atoms with Crippen LogP contribution in [0.25, 0.3) is 10.2 Å². The summed E-state index contributed by atoms with van der Waals surface area (Å²) in [4.78, 5) is 36.8. The van der Waals surface area contributed by atoms with Crippen LogP contribution in [0.2, 0.25) is 0 Å². The molecule has 0 aliphatic heterocycles. The third kappa shape index (κ3) is 4.67. The number of methoxy groups -OCH3 is 1. The Morgan fingerprint density at radius 2 is 2.14 bits per heavy atom. The Kier molecular flexibility index (Phi) is 6.95. The van der Waals surface area contributed by atoms with Crippen molar-refractivity contribution < 1.29 is 14.3 Å². The Balaban J connectivity index is 1.83. The molecular weight excluding hydrogens is 398 g/mol. The highest BCUT2D eigenvalue weighted by Gasteiger charge is 2.21. The van der Waals surface area contributed by atoms with Crippen LogP contribution in [0.4, 0.5) is 0 Å². The number of carbonyl (C=O) groups excluding carboxylic acids is 1. The number of hydrogen-bond acceptors (Lipinski definition) is 8. The summed E-state index contributed by atoms with van der Waals surface area (Å²) in [5.74, 6) is 0.142. The van der Waals surface area contributed by atoms with Crippen LogP contribution >= 0.6 is 22.7 Å². The quantitative estimate of drug-likeness (QED) is 0.422. The van der Waals surface area contributed by atoms with Crippen LogP contribution in [0.3, 0.4) is 0 Å². The molecule has 3 aromatic rings. The molecule has 3 rings (SSSR count). The molecule has 7 nitrogen and oxygen atoms in total. The normalized spacial score (nSPS) is 11.4. The highest BCUT2D eigenvalue weighted by molar-refractivity contribution is 7.20. The Morgan fingerprint density at radius 3 is 2.82 bits per heavy atom. The second-order valence-electron chi connectivity index (χ2n) is 6.26. The van der Waals surface area contributed by atoms with Crippen molar-refractivity contribution in [2.24, 2.45) is 0 Å². The molecule has 3 heterocycles. The summed E-state index contributed by atoms with van der Waals surface area (Å²) in [7, 11) is 1.54. The van der Waals surface area contributed by atoms with Crippen LogP contribution in [0.15, 0.2) is 22.3 Å². The van der Waals surface area contributed by atoms with Crippen molar-refractivity contribution in [1.29, 1.82) is 0 Å². The molecule has 0 unspecified atom stereocenters. The molecular formula is C19H23N3O4S2. The molecule has 1 N–H and O–H groups in total. The summed E-state index contributed by atoms with van der Waals surface area (Å²) < 4.78 is 10.1. The number of carbonyl (C=O) groups is 1. The fourth-order valence-electron chi connectivity index (χ4n) is 2.86. The van der Waals surface area contributed by atoms with Crippen molar-refractivity contribution in [2.45, 2.75) is 26.9 Å². The van der Waals surface area contributed by atoms with Crippen LogP contribution in [-0.4, -0.2) is 47.7 Å². The highest BCUT2D eigenvalue weighted by Crippen LogP contribution is 2.27. The van der Waals surface area contributed by atoms with E-state index in [2.05, 4.69) is 33.2 Å². The van der Waals surface area contributed by atoms with Gasteiger partial charge in [-0.3, -0.25) is 9.69 Å². The molecule has 28 heavy (non-hydrogen) atoms. The minimum Gasteiger partial charge on any atom is -0.459 e. The summed E-state index contributed by atoms with van der Waals surface area (Å²) in [6, 6.07) is 4.12. The maximum atomic E-state index is 12.6. The summed E-state index contributed by atoms with van der Waals surface area (Å²) in [6.07, 6.45) is 0. The zero-order valence-electron chi connectivity index (χ0n) is 16.1. The van der Waals surface area contributed by atoms with E-state index in [0.717, 1.165) is 13.1 Å². The standard InChI is InChI=1S/C19H23N3O4S2/c1-4-22(10-13-6-5-9-27-13)11-14-20-17(23)15-12(2)16(28-18(15)21-14)19(24)26-8-7-25-3/h5-6,9H,4,7-8,10-11H2,1-3H3,(H,20,21,23). The number of H-pyrrole nitrogens is 1. The zero-order chi connectivity index (χ0) is 20.1. The maximum absolute atomic E-state index is 12.6. The first-order chi connectivity index (χ1) is 13.5. The fourth-order valence-corrected chi connectivity index (χ4v) is 4.70. The molecule has 0 aliphatic carbocycles. The van der Waals surface area contributed by atoms with Crippen LogP contribution in [-0.2, 0) is 22.6 Å². The van der Waals surface area contributed by atoms with Crippen molar-refractivity contribution in [3.63, 3.8) is 0 Å². The topological polar surface area (TPSA) is 84.5 Å². The summed E-state index contributed by atoms with van der Waals surface area (Å²) in [5.41, 5.74) is 0.380. The van der Waals surface area contributed by atoms with E-state index in [0.29, 0.717) is 39.6 Å². The number of ether oxygens (including phenoxy) is 2. The number of aryl methyl sites for hydroxylation is 1. The molecule has 0 aliphatic rings. The Labute approximate surface area is 170 Å². The monoisotopic (exact) mass is 421 g/mol. The minimum absolute atomic E-state index is 0.173. The summed E-state index contributed by atoms with van der Waals surface area (Å²) in [6.45, 7) is 6.49. The van der Waals surface area contributed by atoms with Crippen molar-refractivity contribution in [2.75, 3.05) is 26.9 Å². The van der Waals surface area contributed by atoms with Gasteiger partial charge in [0.15, 0.2) is 0 Å². The molecule has 150 valence electrons. The lowest BCUT2D eigenvalue weighted by molar-refractivity contribution is 0.0393. The third-order valence-electron chi connectivity index (χ3n) is 4.34. The van der Waals surface area contributed by atoms with Gasteiger partial charge in [-0.15, -0.1) is 22.7 Å². The summed E-state index contributed by atoms with van der Waals surface area (Å²) in [5, 5.41) is 2.51. The van der Waals surface area contributed by atoms with Crippen molar-refractivity contribution in [1.82, 2.24) is 14.9 Å². The number of rotatable bonds is 9. The molecule has 0 amide bonds. The van der Waals surface area contributed by atoms with E-state index >= 15 is 0 Å². The van der Waals surface area contributed by atoms with Gasteiger partial charge in [-0.2, -0.15) is 0 Å². The lowest BCUT2D eigenvalue weighted by Crippen LogP contribution is -2.25. The average molecular weight is 422 g/mol. The predicted octanol–water partition coefficient (Wildman–Crippen LogP) is 3.18. The first kappa shape index (κ1) is 20.7. The Morgan fingerprint density at radius 1 is 1.32 bits per heavy atom. The molecule has 0 bridgehead atoms. The largest absolute Gasteiger partial charge is 0.459 e. The van der Waals surface area contributed by atoms with Crippen molar-refractivity contribution >= 4 is 38.9 Å². The highest BCUT2D eigenvalue weighted by atomic mass is 32.1. The molecule has 0 radical (unpaired) electrons. The van der Waals surface area contributed by atoms with Gasteiger partial charge in [-0.25, -0.2) is 9.78 Å². The van der Waals surface area contributed by atoms with Gasteiger partial charge in [0.1, 0.15) is 22.1 Å². The number of nitrogens with one attached hydrogen (secondary N) is 1. The SMILES string of the molecule is CCN(Cc1nc2sc(C(=O)OCCOC)c(C)c2c(=O)[nH]1)Cc1cccs1. The van der Waals surface area contributed by atoms with E-state index in [-0.39, 0.29) is 12.2 Å². The van der Waals surface area contributed by atoms with E-state index in [1.165, 1.54) is 16.2 Å². The van der Waals surface area contributed by atoms with Crippen LogP contribution in [0.1, 0.15) is 32.9 Å². The van der Waals surface area contributed by atoms with Gasteiger partial charge in [0, 0.05) is 18.5 Å². The fraction of sp³-hybridized carbons (Fsp3) is 0.421. The van der Waals surface area contributed by atoms with Crippen LogP contribution < -0.4 is 5.56 Å². The number of hydrogen-bond donors (Lipinski definition) is 1. The lowest BCUT2D eigenvalue weighted by Gasteiger charge is -2.18. The summed E-state index contributed by atoms with van der Waals surface area (Å²) >= 11 is 2.90. The predicted molar refractivity (Wildman–Crippen MR) is 111 cm³/mol. The Hall–Kier alpha value is -2.07. The van der Waals surface area contributed by atoms with Gasteiger partial charge in [0.25, 0.3) is 5.56 Å². The second kappa shape index (κ2) is 9.42. The van der Waals surface area contributed by atoms with Gasteiger partial charge in [0.05, 0.1) is 18.5 Å². The molecule has 0 aromatic carbocycles. The molecule has 0 saturated heterocycles. The number of aromatic nitrogens is 2. The van der Waals surface area contributed by atoms with Crippen molar-refractivity contribution in [3.8, 4) is 0 Å². The number of aromatic amines is 1. The average Bonchev–Trinajstić information content (AvgIpc) is 3.29. The number of fused-ring (bicyclic) bond motifs is 1. The van der Waals surface area contributed by atoms with E-state index in [4.69, 9.17) is 9.47 Å². The van der Waals surface area contributed by atoms with E-state index in [1.807, 2.05) is 6.07 Å². The van der Waals surface area contributed by atoms with Crippen LogP contribution in [0.5, 0.6) is 0 Å². The van der Waals surface area contributed by atoms with E-state index in [9.17, 15) is 9.59 Å². The number of thiophene rings is 2. The van der Waals surface area contributed by atoms with Crippen molar-refractivity contribution in [3.05, 3.63) is 49.0 Å². The Bertz CT molecular complexity index is 995. The molecule has 0 fully saturated rings. The minimum atomic E-state index is -0.452. The van der Waals surface area contributed by atoms with Crippen LogP contribution in [0, 0.1) is 6.92 Å². The first-order valence-electron chi connectivity index (χ1n) is 8.96. The smallest absolute Gasteiger partial charge is 0.348 e. The third-order valence-corrected chi connectivity index (χ3v) is 6.36. The lowest BCUT2D eigenvalue weighted by atomic mass is 10.2. The first-order valence-corrected chi connectivity index (χ1v) is 10.7. The number of nitrogens with zero attached hydrogens (tertiary/aromatic N) is 2. The molecule has 0 saturated carbocycles. The molecule has 0 spiro atoms. The van der Waals surface area contributed by atoms with Gasteiger partial charge in [-0.05, 0) is 30.5 Å². The molecule has 0 atom stereocenters. The second-order valence-corrected chi connectivity index (χ2v) is 8.29. The maximum Gasteiger partial charge on any atom is 0.348 e. The molecule has 9 heteroatoms. The van der Waals surface area contributed by atoms with Gasteiger partial charge < -0.3 is 14.5 Å². The zero-order valence-corrected chi connectivity index (χ0v) is 17.7. The van der Waals surface area contributed by atoms with E-state index in [1.54, 1.807) is 25.4 Å². The molecule has 3 aromatic heterocycles. The van der Waals surface area contributed by atoms with Gasteiger partial charge >= 0.3 is 5.97 Å².